The average Bonchev–Trinajstić information content (AvgIpc) is 2.47. The standard InChI is InChI=1S/C8H6F3N3.ClH/c9-8(10,11)5-1-4(12)2-6-7(5)14-3-13-6;/h1-3H,12H2,(H,13,14);1H. The monoisotopic (exact) mass is 237 g/mol. The third kappa shape index (κ3) is 1.99. The van der Waals surface area contributed by atoms with Crippen LogP contribution in [0.15, 0.2) is 18.5 Å². The lowest BCUT2D eigenvalue weighted by molar-refractivity contribution is -0.136. The Morgan fingerprint density at radius 2 is 1.93 bits per heavy atom. The van der Waals surface area contributed by atoms with Crippen molar-refractivity contribution in [1.29, 1.82) is 0 Å². The fourth-order valence-electron chi connectivity index (χ4n) is 1.29. The number of hydrogen-bond donors (Lipinski definition) is 2. The third-order valence-electron chi connectivity index (χ3n) is 1.85. The number of anilines is 1. The summed E-state index contributed by atoms with van der Waals surface area (Å²) in [5.41, 5.74) is 4.77. The first kappa shape index (κ1) is 11.6. The van der Waals surface area contributed by atoms with Crippen molar-refractivity contribution < 1.29 is 13.2 Å². The molecule has 0 amide bonds. The number of nitrogens with two attached hydrogens (primary N) is 1. The van der Waals surface area contributed by atoms with E-state index in [9.17, 15) is 13.2 Å². The summed E-state index contributed by atoms with van der Waals surface area (Å²) < 4.78 is 37.4. The van der Waals surface area contributed by atoms with Crippen LogP contribution in [0.5, 0.6) is 0 Å². The molecule has 0 fully saturated rings. The number of alkyl halides is 3. The van der Waals surface area contributed by atoms with Crippen LogP contribution in [0.3, 0.4) is 0 Å². The molecule has 0 atom stereocenters. The molecule has 0 unspecified atom stereocenters. The third-order valence-corrected chi connectivity index (χ3v) is 1.85. The Morgan fingerprint density at radius 1 is 1.27 bits per heavy atom. The van der Waals surface area contributed by atoms with E-state index in [0.717, 1.165) is 6.07 Å². The summed E-state index contributed by atoms with van der Waals surface area (Å²) in [6, 6.07) is 2.29. The second-order valence-corrected chi connectivity index (χ2v) is 2.86. The van der Waals surface area contributed by atoms with Gasteiger partial charge < -0.3 is 10.7 Å². The Labute approximate surface area is 88.9 Å². The number of aromatic nitrogens is 2. The number of fused-ring (bicyclic) bond motifs is 1. The number of nitrogens with one attached hydrogen (secondary N) is 1. The molecule has 1 heterocycles. The summed E-state index contributed by atoms with van der Waals surface area (Å²) in [5, 5.41) is 0. The fourth-order valence-corrected chi connectivity index (χ4v) is 1.29. The highest BCUT2D eigenvalue weighted by Crippen LogP contribution is 2.34. The molecule has 0 bridgehead atoms. The van der Waals surface area contributed by atoms with Crippen LogP contribution in [-0.4, -0.2) is 9.97 Å². The van der Waals surface area contributed by atoms with Crippen molar-refractivity contribution >= 4 is 29.1 Å². The number of H-pyrrole nitrogens is 1. The average molecular weight is 238 g/mol. The van der Waals surface area contributed by atoms with E-state index in [1.54, 1.807) is 0 Å². The molecule has 0 spiro atoms. The van der Waals surface area contributed by atoms with E-state index in [0.29, 0.717) is 0 Å². The minimum Gasteiger partial charge on any atom is -0.399 e. The van der Waals surface area contributed by atoms with Crippen molar-refractivity contribution in [2.45, 2.75) is 6.18 Å². The van der Waals surface area contributed by atoms with Gasteiger partial charge in [0, 0.05) is 5.69 Å². The number of hydrogen-bond acceptors (Lipinski definition) is 2. The quantitative estimate of drug-likeness (QED) is 0.692. The molecule has 2 rings (SSSR count). The molecular formula is C8H7ClF3N3. The van der Waals surface area contributed by atoms with E-state index < -0.39 is 11.7 Å². The molecular weight excluding hydrogens is 231 g/mol. The van der Waals surface area contributed by atoms with Crippen molar-refractivity contribution in [2.24, 2.45) is 0 Å². The summed E-state index contributed by atoms with van der Waals surface area (Å²) in [6.45, 7) is 0. The second kappa shape index (κ2) is 3.62. The number of halogens is 4. The summed E-state index contributed by atoms with van der Waals surface area (Å²) in [5.74, 6) is 0. The van der Waals surface area contributed by atoms with E-state index in [2.05, 4.69) is 9.97 Å². The van der Waals surface area contributed by atoms with Gasteiger partial charge in [-0.2, -0.15) is 13.2 Å². The van der Waals surface area contributed by atoms with Gasteiger partial charge in [0.2, 0.25) is 0 Å². The highest BCUT2D eigenvalue weighted by atomic mass is 35.5. The van der Waals surface area contributed by atoms with Gasteiger partial charge in [0.15, 0.2) is 0 Å². The van der Waals surface area contributed by atoms with E-state index in [-0.39, 0.29) is 29.1 Å². The Balaban J connectivity index is 0.00000112. The molecule has 0 aliphatic carbocycles. The Hall–Kier alpha value is -1.43. The highest BCUT2D eigenvalue weighted by molar-refractivity contribution is 5.85. The van der Waals surface area contributed by atoms with Gasteiger partial charge in [-0.3, -0.25) is 0 Å². The SMILES string of the molecule is Cl.Nc1cc(C(F)(F)F)c2nc[nH]c2c1. The van der Waals surface area contributed by atoms with Gasteiger partial charge >= 0.3 is 6.18 Å². The second-order valence-electron chi connectivity index (χ2n) is 2.86. The van der Waals surface area contributed by atoms with E-state index >= 15 is 0 Å². The molecule has 15 heavy (non-hydrogen) atoms. The maximum atomic E-state index is 12.5. The van der Waals surface area contributed by atoms with E-state index in [1.165, 1.54) is 12.4 Å². The van der Waals surface area contributed by atoms with Crippen LogP contribution in [-0.2, 0) is 6.18 Å². The van der Waals surface area contributed by atoms with Gasteiger partial charge in [-0.25, -0.2) is 4.98 Å². The van der Waals surface area contributed by atoms with Gasteiger partial charge in [0.05, 0.1) is 17.4 Å². The first-order valence-electron chi connectivity index (χ1n) is 3.78. The molecule has 0 radical (unpaired) electrons. The molecule has 0 aliphatic rings. The maximum absolute atomic E-state index is 12.5. The number of benzene rings is 1. The van der Waals surface area contributed by atoms with E-state index in [1.807, 2.05) is 0 Å². The summed E-state index contributed by atoms with van der Waals surface area (Å²) >= 11 is 0. The van der Waals surface area contributed by atoms with Crippen molar-refractivity contribution in [2.75, 3.05) is 5.73 Å². The molecule has 7 heteroatoms. The topological polar surface area (TPSA) is 54.7 Å². The van der Waals surface area contributed by atoms with Crippen LogP contribution in [0.2, 0.25) is 0 Å². The molecule has 3 N–H and O–H groups in total. The Kier molecular flexibility index (Phi) is 2.81. The van der Waals surface area contributed by atoms with Crippen LogP contribution in [0.1, 0.15) is 5.56 Å². The molecule has 0 saturated heterocycles. The zero-order valence-corrected chi connectivity index (χ0v) is 8.12. The fraction of sp³-hybridized carbons (Fsp3) is 0.125. The van der Waals surface area contributed by atoms with Crippen LogP contribution in [0.4, 0.5) is 18.9 Å². The summed E-state index contributed by atoms with van der Waals surface area (Å²) in [4.78, 5) is 6.18. The predicted octanol–water partition coefficient (Wildman–Crippen LogP) is 2.59. The van der Waals surface area contributed by atoms with Crippen LogP contribution in [0, 0.1) is 0 Å². The summed E-state index contributed by atoms with van der Waals surface area (Å²) in [6.07, 6.45) is -3.22. The molecule has 82 valence electrons. The van der Waals surface area contributed by atoms with Gasteiger partial charge in [0.1, 0.15) is 5.52 Å². The molecule has 0 saturated carbocycles. The van der Waals surface area contributed by atoms with Gasteiger partial charge in [0.25, 0.3) is 0 Å². The van der Waals surface area contributed by atoms with Crippen LogP contribution < -0.4 is 5.73 Å². The highest BCUT2D eigenvalue weighted by Gasteiger charge is 2.33. The minimum absolute atomic E-state index is 0. The zero-order valence-electron chi connectivity index (χ0n) is 7.30. The lowest BCUT2D eigenvalue weighted by Gasteiger charge is -2.07. The van der Waals surface area contributed by atoms with Gasteiger partial charge in [-0.15, -0.1) is 12.4 Å². The molecule has 2 aromatic rings. The lowest BCUT2D eigenvalue weighted by atomic mass is 10.1. The molecule has 1 aromatic carbocycles. The number of rotatable bonds is 0. The first-order valence-corrected chi connectivity index (χ1v) is 3.78. The van der Waals surface area contributed by atoms with Crippen molar-refractivity contribution in [3.63, 3.8) is 0 Å². The van der Waals surface area contributed by atoms with Crippen LogP contribution >= 0.6 is 12.4 Å². The van der Waals surface area contributed by atoms with Crippen molar-refractivity contribution in [3.05, 3.63) is 24.0 Å². The number of imidazole rings is 1. The lowest BCUT2D eigenvalue weighted by Crippen LogP contribution is -2.06. The predicted molar refractivity (Wildman–Crippen MR) is 52.8 cm³/mol. The minimum atomic E-state index is -4.43. The number of nitrogens with zero attached hydrogens (tertiary/aromatic N) is 1. The molecule has 0 aliphatic heterocycles. The maximum Gasteiger partial charge on any atom is 0.418 e. The number of nitrogen functional groups attached to an aromatic ring is 1. The molecule has 3 nitrogen and oxygen atoms in total. The van der Waals surface area contributed by atoms with Crippen LogP contribution in [0.25, 0.3) is 11.0 Å². The Bertz CT molecular complexity index is 477. The van der Waals surface area contributed by atoms with E-state index in [4.69, 9.17) is 5.73 Å². The first-order chi connectivity index (χ1) is 6.48. The smallest absolute Gasteiger partial charge is 0.399 e. The zero-order chi connectivity index (χ0) is 10.3. The largest absolute Gasteiger partial charge is 0.418 e. The molecule has 1 aromatic heterocycles. The van der Waals surface area contributed by atoms with Crippen molar-refractivity contribution in [1.82, 2.24) is 9.97 Å². The number of aromatic amines is 1. The Morgan fingerprint density at radius 3 is 2.53 bits per heavy atom. The van der Waals surface area contributed by atoms with Gasteiger partial charge in [-0.1, -0.05) is 0 Å². The normalized spacial score (nSPS) is 11.4. The summed E-state index contributed by atoms with van der Waals surface area (Å²) in [7, 11) is 0. The van der Waals surface area contributed by atoms with Gasteiger partial charge in [-0.05, 0) is 12.1 Å². The van der Waals surface area contributed by atoms with Crippen molar-refractivity contribution in [3.8, 4) is 0 Å².